The minimum Gasteiger partial charge on any atom is -0.455 e. The van der Waals surface area contributed by atoms with Crippen LogP contribution in [0.4, 0.5) is 13.2 Å². The summed E-state index contributed by atoms with van der Waals surface area (Å²) < 4.78 is 41.5. The summed E-state index contributed by atoms with van der Waals surface area (Å²) in [7, 11) is 0. The first kappa shape index (κ1) is 12.7. The maximum atomic E-state index is 12.2. The van der Waals surface area contributed by atoms with Crippen molar-refractivity contribution in [2.75, 3.05) is 0 Å². The second-order valence-corrected chi connectivity index (χ2v) is 6.20. The van der Waals surface area contributed by atoms with Crippen molar-refractivity contribution in [3.63, 3.8) is 0 Å². The summed E-state index contributed by atoms with van der Waals surface area (Å²) in [6, 6.07) is 0. The Morgan fingerprint density at radius 3 is 2.29 bits per heavy atom. The molecule has 0 aliphatic heterocycles. The lowest BCUT2D eigenvalue weighted by Gasteiger charge is -2.41. The highest BCUT2D eigenvalue weighted by molar-refractivity contribution is 5.76. The van der Waals surface area contributed by atoms with E-state index in [1.807, 2.05) is 20.8 Å². The quantitative estimate of drug-likeness (QED) is 0.667. The van der Waals surface area contributed by atoms with Crippen LogP contribution in [0, 0.1) is 16.7 Å². The molecule has 98 valence electrons. The maximum Gasteiger partial charge on any atom is 0.490 e. The molecule has 0 radical (unpaired) electrons. The number of alkyl halides is 3. The number of hydrogen-bond acceptors (Lipinski definition) is 2. The third-order valence-corrected chi connectivity index (χ3v) is 4.59. The predicted molar refractivity (Wildman–Crippen MR) is 55.2 cm³/mol. The van der Waals surface area contributed by atoms with Gasteiger partial charge in [0.05, 0.1) is 0 Å². The summed E-state index contributed by atoms with van der Waals surface area (Å²) in [6.45, 7) is 5.73. The molecular formula is C12H17F3O2. The predicted octanol–water partition coefficient (Wildman–Crippen LogP) is 3.31. The van der Waals surface area contributed by atoms with E-state index in [0.717, 1.165) is 19.3 Å². The number of hydrogen-bond donors (Lipinski definition) is 0. The molecule has 0 N–H and O–H groups in total. The highest BCUT2D eigenvalue weighted by Crippen LogP contribution is 2.63. The summed E-state index contributed by atoms with van der Waals surface area (Å²) >= 11 is 0. The zero-order valence-electron chi connectivity index (χ0n) is 10.2. The second-order valence-electron chi connectivity index (χ2n) is 6.20. The van der Waals surface area contributed by atoms with Gasteiger partial charge in [-0.25, -0.2) is 4.79 Å². The van der Waals surface area contributed by atoms with Crippen LogP contribution in [0.25, 0.3) is 0 Å². The summed E-state index contributed by atoms with van der Waals surface area (Å²) in [5.74, 6) is -1.69. The standard InChI is InChI=1S/C12H17F3O2/c1-10(2)7-4-5-11(3,6-7)8(10)17-9(16)12(13,14)15/h7-8H,4-6H2,1-3H3/t7?,8-,11+/m0/s1. The molecule has 2 aliphatic rings. The van der Waals surface area contributed by atoms with Gasteiger partial charge in [0.15, 0.2) is 0 Å². The molecule has 0 aromatic carbocycles. The highest BCUT2D eigenvalue weighted by atomic mass is 19.4. The minimum absolute atomic E-state index is 0.283. The van der Waals surface area contributed by atoms with E-state index in [4.69, 9.17) is 4.74 Å². The molecule has 3 atom stereocenters. The fourth-order valence-electron chi connectivity index (χ4n) is 3.72. The Kier molecular flexibility index (Phi) is 2.53. The molecule has 1 unspecified atom stereocenters. The van der Waals surface area contributed by atoms with E-state index in [1.54, 1.807) is 0 Å². The number of halogens is 3. The van der Waals surface area contributed by atoms with Gasteiger partial charge in [-0.3, -0.25) is 0 Å². The Hall–Kier alpha value is -0.740. The normalized spacial score (nSPS) is 39.4. The van der Waals surface area contributed by atoms with Crippen molar-refractivity contribution in [3.8, 4) is 0 Å². The average molecular weight is 250 g/mol. The van der Waals surface area contributed by atoms with Crippen molar-refractivity contribution in [3.05, 3.63) is 0 Å². The Morgan fingerprint density at radius 1 is 1.29 bits per heavy atom. The van der Waals surface area contributed by atoms with Crippen LogP contribution >= 0.6 is 0 Å². The van der Waals surface area contributed by atoms with Gasteiger partial charge in [-0.05, 0) is 25.2 Å². The van der Waals surface area contributed by atoms with Crippen molar-refractivity contribution in [2.24, 2.45) is 16.7 Å². The summed E-state index contributed by atoms with van der Waals surface area (Å²) in [5.41, 5.74) is -0.636. The van der Waals surface area contributed by atoms with Gasteiger partial charge in [0.2, 0.25) is 0 Å². The first-order valence-electron chi connectivity index (χ1n) is 5.85. The van der Waals surface area contributed by atoms with Gasteiger partial charge in [0, 0.05) is 10.8 Å². The van der Waals surface area contributed by atoms with Crippen molar-refractivity contribution in [2.45, 2.75) is 52.3 Å². The fraction of sp³-hybridized carbons (Fsp3) is 0.917. The Bertz CT molecular complexity index is 343. The second kappa shape index (κ2) is 3.39. The first-order chi connectivity index (χ1) is 7.57. The van der Waals surface area contributed by atoms with Crippen LogP contribution in [0.15, 0.2) is 0 Å². The Balaban J connectivity index is 2.19. The Morgan fingerprint density at radius 2 is 1.88 bits per heavy atom. The van der Waals surface area contributed by atoms with Crippen LogP contribution in [-0.4, -0.2) is 18.2 Å². The number of esters is 1. The Labute approximate surface area is 98.5 Å². The number of rotatable bonds is 1. The minimum atomic E-state index is -4.89. The summed E-state index contributed by atoms with van der Waals surface area (Å²) in [6.07, 6.45) is -2.80. The van der Waals surface area contributed by atoms with E-state index in [1.165, 1.54) is 0 Å². The zero-order valence-corrected chi connectivity index (χ0v) is 10.2. The van der Waals surface area contributed by atoms with Crippen molar-refractivity contribution >= 4 is 5.97 Å². The van der Waals surface area contributed by atoms with Crippen LogP contribution in [0.3, 0.4) is 0 Å². The SMILES string of the molecule is CC1(C)C2CC[C@](C)(C2)[C@H]1OC(=O)C(F)(F)F. The molecule has 2 rings (SSSR count). The van der Waals surface area contributed by atoms with Gasteiger partial charge < -0.3 is 4.74 Å². The lowest BCUT2D eigenvalue weighted by molar-refractivity contribution is -0.216. The number of carbonyl (C=O) groups is 1. The van der Waals surface area contributed by atoms with Gasteiger partial charge in [0.1, 0.15) is 6.10 Å². The summed E-state index contributed by atoms with van der Waals surface area (Å²) in [4.78, 5) is 11.0. The third-order valence-electron chi connectivity index (χ3n) is 4.59. The molecule has 0 aromatic heterocycles. The molecule has 2 bridgehead atoms. The first-order valence-corrected chi connectivity index (χ1v) is 5.85. The average Bonchev–Trinajstić information content (AvgIpc) is 2.62. The largest absolute Gasteiger partial charge is 0.490 e. The monoisotopic (exact) mass is 250 g/mol. The van der Waals surface area contributed by atoms with Gasteiger partial charge in [-0.1, -0.05) is 20.8 Å². The molecular weight excluding hydrogens is 233 g/mol. The number of carbonyl (C=O) groups excluding carboxylic acids is 1. The third kappa shape index (κ3) is 1.83. The molecule has 0 aromatic rings. The molecule has 0 saturated heterocycles. The van der Waals surface area contributed by atoms with Crippen LogP contribution in [0.5, 0.6) is 0 Å². The highest BCUT2D eigenvalue weighted by Gasteiger charge is 2.62. The van der Waals surface area contributed by atoms with Crippen molar-refractivity contribution in [1.82, 2.24) is 0 Å². The van der Waals surface area contributed by atoms with E-state index < -0.39 is 18.2 Å². The van der Waals surface area contributed by atoms with E-state index >= 15 is 0 Å². The number of fused-ring (bicyclic) bond motifs is 2. The van der Waals surface area contributed by atoms with E-state index in [-0.39, 0.29) is 10.8 Å². The molecule has 0 amide bonds. The van der Waals surface area contributed by atoms with Crippen LogP contribution in [0.1, 0.15) is 40.0 Å². The molecule has 2 fully saturated rings. The van der Waals surface area contributed by atoms with Crippen LogP contribution in [0.2, 0.25) is 0 Å². The molecule has 2 nitrogen and oxygen atoms in total. The maximum absolute atomic E-state index is 12.2. The molecule has 2 saturated carbocycles. The van der Waals surface area contributed by atoms with Gasteiger partial charge >= 0.3 is 12.1 Å². The smallest absolute Gasteiger partial charge is 0.455 e. The van der Waals surface area contributed by atoms with Gasteiger partial charge in [0.25, 0.3) is 0 Å². The molecule has 2 aliphatic carbocycles. The van der Waals surface area contributed by atoms with Crippen molar-refractivity contribution < 1.29 is 22.7 Å². The molecule has 5 heteroatoms. The van der Waals surface area contributed by atoms with E-state index in [0.29, 0.717) is 5.92 Å². The van der Waals surface area contributed by atoms with E-state index in [9.17, 15) is 18.0 Å². The van der Waals surface area contributed by atoms with Crippen LogP contribution in [-0.2, 0) is 9.53 Å². The van der Waals surface area contributed by atoms with E-state index in [2.05, 4.69) is 0 Å². The molecule has 17 heavy (non-hydrogen) atoms. The molecule has 0 heterocycles. The zero-order chi connectivity index (χ0) is 13.1. The topological polar surface area (TPSA) is 26.3 Å². The fourth-order valence-corrected chi connectivity index (χ4v) is 3.72. The van der Waals surface area contributed by atoms with Crippen molar-refractivity contribution in [1.29, 1.82) is 0 Å². The summed E-state index contributed by atoms with van der Waals surface area (Å²) in [5, 5.41) is 0. The van der Waals surface area contributed by atoms with Crippen LogP contribution < -0.4 is 0 Å². The lowest BCUT2D eigenvalue weighted by atomic mass is 9.70. The lowest BCUT2D eigenvalue weighted by Crippen LogP contribution is -2.45. The molecule has 0 spiro atoms. The number of ether oxygens (including phenoxy) is 1. The van der Waals surface area contributed by atoms with Gasteiger partial charge in [-0.15, -0.1) is 0 Å². The van der Waals surface area contributed by atoms with Gasteiger partial charge in [-0.2, -0.15) is 13.2 Å².